The smallest absolute Gasteiger partial charge is 0.123 e. The number of hydrogen-bond acceptors (Lipinski definition) is 4. The Bertz CT molecular complexity index is 2980. The van der Waals surface area contributed by atoms with Crippen LogP contribution in [0.5, 0.6) is 5.75 Å². The van der Waals surface area contributed by atoms with Crippen LogP contribution in [-0.4, -0.2) is 24.6 Å². The number of benzene rings is 7. The van der Waals surface area contributed by atoms with Gasteiger partial charge < -0.3 is 9.67 Å². The minimum atomic E-state index is -0.0983. The largest absolute Gasteiger partial charge is 0.507 e. The van der Waals surface area contributed by atoms with E-state index in [0.717, 1.165) is 83.6 Å². The van der Waals surface area contributed by atoms with Gasteiger partial charge in [-0.25, -0.2) is 0 Å². The minimum Gasteiger partial charge on any atom is -0.507 e. The molecule has 9 rings (SSSR count). The van der Waals surface area contributed by atoms with Crippen LogP contribution in [0.25, 0.3) is 83.6 Å². The minimum absolute atomic E-state index is 0. The molecular weight excluding hydrogens is 904 g/mol. The molecule has 2 heterocycles. The molecule has 2 aromatic heterocycles. The zero-order valence-electron chi connectivity index (χ0n) is 34.1. The maximum Gasteiger partial charge on any atom is 0.123 e. The van der Waals surface area contributed by atoms with E-state index in [9.17, 15) is 5.11 Å². The van der Waals surface area contributed by atoms with Gasteiger partial charge in [-0.05, 0) is 75.0 Å². The molecule has 0 fully saturated rings. The van der Waals surface area contributed by atoms with Crippen LogP contribution in [0.1, 0.15) is 52.7 Å². The number of rotatable bonds is 6. The fourth-order valence-electron chi connectivity index (χ4n) is 7.82. The number of nitrogens with zero attached hydrogens (tertiary/aromatic N) is 4. The summed E-state index contributed by atoms with van der Waals surface area (Å²) >= 11 is 0. The Kier molecular flexibility index (Phi) is 10.4. The van der Waals surface area contributed by atoms with E-state index in [4.69, 9.17) is 15.0 Å². The monoisotopic (exact) mass is 948 g/mol. The molecule has 1 N–H and O–H groups in total. The van der Waals surface area contributed by atoms with E-state index in [1.807, 2.05) is 24.3 Å². The topological polar surface area (TPSA) is 63.8 Å². The van der Waals surface area contributed by atoms with Crippen LogP contribution in [0.3, 0.4) is 0 Å². The SMILES string of the molecule is CC(C)(C)c1ccc(-n2c(-c3[c-]c(-c4cc(C(C)(C)C)cc5nccnc45)ccc3)nc3c(-c4cc(-c5ccccc5)ccc4O)cccc32)c(-c2ccccc2)c1.[Pt]. The standard InChI is InChI=1S/C53H45N4O.Pt/c1-52(2,3)39-24-25-46(42(31-39)35-17-11-8-12-18-35)57-47-22-14-21-41(44-30-36(23-26-48(44)58)34-15-9-7-10-16-34)50(47)56-51(57)38-20-13-19-37(29-38)43-32-40(53(4,5)6)33-45-49(43)55-28-27-54-45;/h7-28,30-33,58H,1-6H3;/q-1;. The predicted octanol–water partition coefficient (Wildman–Crippen LogP) is 13.4. The summed E-state index contributed by atoms with van der Waals surface area (Å²) in [6.07, 6.45) is 3.50. The number of aromatic hydroxyl groups is 1. The van der Waals surface area contributed by atoms with E-state index in [-0.39, 0.29) is 37.6 Å². The van der Waals surface area contributed by atoms with Gasteiger partial charge in [0.25, 0.3) is 0 Å². The molecule has 7 aromatic carbocycles. The maximum absolute atomic E-state index is 11.5. The second kappa shape index (κ2) is 15.5. The van der Waals surface area contributed by atoms with Crippen molar-refractivity contribution in [3.05, 3.63) is 175 Å². The number of hydrogen-bond donors (Lipinski definition) is 1. The Morgan fingerprint density at radius 1 is 0.508 bits per heavy atom. The van der Waals surface area contributed by atoms with Crippen molar-refractivity contribution < 1.29 is 26.2 Å². The Labute approximate surface area is 360 Å². The average Bonchev–Trinajstić information content (AvgIpc) is 3.63. The third-order valence-corrected chi connectivity index (χ3v) is 11.0. The van der Waals surface area contributed by atoms with Gasteiger partial charge in [-0.3, -0.25) is 15.0 Å². The van der Waals surface area contributed by atoms with Crippen molar-refractivity contribution >= 4 is 22.1 Å². The summed E-state index contributed by atoms with van der Waals surface area (Å²) in [6.45, 7) is 13.4. The Balaban J connectivity index is 0.00000484. The molecule has 59 heavy (non-hydrogen) atoms. The zero-order valence-corrected chi connectivity index (χ0v) is 36.3. The van der Waals surface area contributed by atoms with E-state index in [2.05, 4.69) is 167 Å². The molecule has 0 unspecified atom stereocenters. The first-order valence-electron chi connectivity index (χ1n) is 19.8. The van der Waals surface area contributed by atoms with E-state index in [1.165, 1.54) is 11.1 Å². The molecule has 0 bridgehead atoms. The van der Waals surface area contributed by atoms with Crippen LogP contribution >= 0.6 is 0 Å². The number of phenols is 1. The summed E-state index contributed by atoms with van der Waals surface area (Å²) in [5.74, 6) is 0.939. The summed E-state index contributed by atoms with van der Waals surface area (Å²) < 4.78 is 2.27. The third kappa shape index (κ3) is 7.52. The second-order valence-electron chi connectivity index (χ2n) is 17.1. The summed E-state index contributed by atoms with van der Waals surface area (Å²) in [6, 6.07) is 54.1. The molecule has 0 aliphatic heterocycles. The molecule has 6 heteroatoms. The Morgan fingerprint density at radius 2 is 1.17 bits per heavy atom. The molecule has 5 nitrogen and oxygen atoms in total. The van der Waals surface area contributed by atoms with Gasteiger partial charge in [0, 0.05) is 55.8 Å². The number of para-hydroxylation sites is 1. The molecule has 0 aliphatic rings. The van der Waals surface area contributed by atoms with Crippen LogP contribution in [0.2, 0.25) is 0 Å². The first-order chi connectivity index (χ1) is 27.9. The molecule has 0 atom stereocenters. The van der Waals surface area contributed by atoms with Gasteiger partial charge in [-0.2, -0.15) is 0 Å². The van der Waals surface area contributed by atoms with Crippen LogP contribution in [0, 0.1) is 6.07 Å². The van der Waals surface area contributed by atoms with Gasteiger partial charge in [0.05, 0.1) is 27.9 Å². The zero-order chi connectivity index (χ0) is 40.2. The van der Waals surface area contributed by atoms with Gasteiger partial charge in [0.1, 0.15) is 5.75 Å². The summed E-state index contributed by atoms with van der Waals surface area (Å²) in [4.78, 5) is 15.1. The quantitative estimate of drug-likeness (QED) is 0.169. The molecule has 0 radical (unpaired) electrons. The molecule has 0 aliphatic carbocycles. The predicted molar refractivity (Wildman–Crippen MR) is 239 cm³/mol. The first kappa shape index (κ1) is 39.7. The molecule has 0 saturated carbocycles. The molecule has 9 aromatic rings. The second-order valence-corrected chi connectivity index (χ2v) is 17.1. The number of fused-ring (bicyclic) bond motifs is 2. The van der Waals surface area contributed by atoms with Crippen molar-refractivity contribution in [3.63, 3.8) is 0 Å². The normalized spacial score (nSPS) is 11.8. The van der Waals surface area contributed by atoms with E-state index >= 15 is 0 Å². The summed E-state index contributed by atoms with van der Waals surface area (Å²) in [5, 5.41) is 11.5. The van der Waals surface area contributed by atoms with Crippen molar-refractivity contribution in [3.8, 4) is 67.3 Å². The molecule has 294 valence electrons. The van der Waals surface area contributed by atoms with Crippen molar-refractivity contribution in [2.24, 2.45) is 0 Å². The fraction of sp³-hybridized carbons (Fsp3) is 0.151. The molecule has 0 spiro atoms. The van der Waals surface area contributed by atoms with Crippen LogP contribution < -0.4 is 0 Å². The van der Waals surface area contributed by atoms with E-state index in [0.29, 0.717) is 0 Å². The van der Waals surface area contributed by atoms with E-state index < -0.39 is 0 Å². The van der Waals surface area contributed by atoms with Gasteiger partial charge in [0.15, 0.2) is 0 Å². The molecule has 0 saturated heterocycles. The van der Waals surface area contributed by atoms with Gasteiger partial charge in [-0.15, -0.1) is 29.8 Å². The van der Waals surface area contributed by atoms with Crippen molar-refractivity contribution in [1.29, 1.82) is 0 Å². The first-order valence-corrected chi connectivity index (χ1v) is 19.8. The van der Waals surface area contributed by atoms with Crippen molar-refractivity contribution in [2.75, 3.05) is 0 Å². The summed E-state index contributed by atoms with van der Waals surface area (Å²) in [7, 11) is 0. The number of aromatic nitrogens is 4. The maximum atomic E-state index is 11.5. The molecule has 0 amide bonds. The van der Waals surface area contributed by atoms with Crippen LogP contribution in [0.4, 0.5) is 0 Å². The van der Waals surface area contributed by atoms with Gasteiger partial charge >= 0.3 is 0 Å². The third-order valence-electron chi connectivity index (χ3n) is 11.0. The van der Waals surface area contributed by atoms with Crippen molar-refractivity contribution in [2.45, 2.75) is 52.4 Å². The van der Waals surface area contributed by atoms with Crippen LogP contribution in [-0.2, 0) is 31.9 Å². The van der Waals surface area contributed by atoms with Crippen molar-refractivity contribution in [1.82, 2.24) is 19.5 Å². The van der Waals surface area contributed by atoms with Gasteiger partial charge in [-0.1, -0.05) is 144 Å². The average molecular weight is 949 g/mol. The number of phenolic OH excluding ortho intramolecular Hbond substituents is 1. The Morgan fingerprint density at radius 3 is 1.90 bits per heavy atom. The fourth-order valence-corrected chi connectivity index (χ4v) is 7.82. The number of imidazole rings is 1. The molecular formula is C53H45N4OPt-. The van der Waals surface area contributed by atoms with Crippen LogP contribution in [0.15, 0.2) is 158 Å². The summed E-state index contributed by atoms with van der Waals surface area (Å²) in [5.41, 5.74) is 15.2. The Hall–Kier alpha value is -6.16. The van der Waals surface area contributed by atoms with Gasteiger partial charge in [0.2, 0.25) is 0 Å². The van der Waals surface area contributed by atoms with E-state index in [1.54, 1.807) is 18.5 Å².